The summed E-state index contributed by atoms with van der Waals surface area (Å²) in [5, 5.41) is 10.1. The lowest BCUT2D eigenvalue weighted by Gasteiger charge is -2.49. The van der Waals surface area contributed by atoms with Gasteiger partial charge in [0.25, 0.3) is 10.2 Å². The molecule has 6 heteroatoms. The van der Waals surface area contributed by atoms with Gasteiger partial charge in [0.2, 0.25) is 0 Å². The molecule has 0 spiro atoms. The number of β-amino-alcohol motifs (C(OH)–C–C–N with tert-alkyl or cyclic N) is 1. The van der Waals surface area contributed by atoms with Crippen molar-refractivity contribution in [3.05, 3.63) is 0 Å². The molecule has 0 saturated carbocycles. The van der Waals surface area contributed by atoms with E-state index in [4.69, 9.17) is 0 Å². The Morgan fingerprint density at radius 3 is 2.39 bits per heavy atom. The van der Waals surface area contributed by atoms with Gasteiger partial charge in [-0.25, -0.2) is 0 Å². The Morgan fingerprint density at radius 2 is 1.89 bits per heavy atom. The first-order valence-corrected chi connectivity index (χ1v) is 8.13. The highest BCUT2D eigenvalue weighted by molar-refractivity contribution is 7.86. The molecule has 2 fully saturated rings. The topological polar surface area (TPSA) is 60.9 Å². The molecule has 2 rings (SSSR count). The Kier molecular flexibility index (Phi) is 3.75. The predicted octanol–water partition coefficient (Wildman–Crippen LogP) is 0.666. The fourth-order valence-electron chi connectivity index (χ4n) is 2.61. The summed E-state index contributed by atoms with van der Waals surface area (Å²) < 4.78 is 27.7. The fourth-order valence-corrected chi connectivity index (χ4v) is 4.51. The second kappa shape index (κ2) is 4.74. The first kappa shape index (κ1) is 14.2. The van der Waals surface area contributed by atoms with Crippen LogP contribution in [0.5, 0.6) is 0 Å². The number of hydrogen-bond donors (Lipinski definition) is 1. The molecule has 1 atom stereocenters. The highest BCUT2D eigenvalue weighted by Gasteiger charge is 2.50. The number of aliphatic hydroxyl groups is 1. The highest BCUT2D eigenvalue weighted by atomic mass is 32.2. The van der Waals surface area contributed by atoms with Crippen LogP contribution < -0.4 is 0 Å². The largest absolute Gasteiger partial charge is 0.387 e. The van der Waals surface area contributed by atoms with Gasteiger partial charge in [0, 0.05) is 26.2 Å². The van der Waals surface area contributed by atoms with Crippen molar-refractivity contribution in [1.29, 1.82) is 0 Å². The molecular formula is C12H24N2O3S. The fraction of sp³-hybridized carbons (Fsp3) is 1.00. The molecule has 0 aromatic rings. The third-order valence-corrected chi connectivity index (χ3v) is 6.14. The summed E-state index contributed by atoms with van der Waals surface area (Å²) in [4.78, 5) is 0. The maximum Gasteiger partial charge on any atom is 0.282 e. The van der Waals surface area contributed by atoms with Gasteiger partial charge in [-0.15, -0.1) is 0 Å². The van der Waals surface area contributed by atoms with Gasteiger partial charge < -0.3 is 5.11 Å². The van der Waals surface area contributed by atoms with E-state index in [9.17, 15) is 13.5 Å². The number of hydrogen-bond acceptors (Lipinski definition) is 3. The van der Waals surface area contributed by atoms with Crippen LogP contribution in [0.2, 0.25) is 0 Å². The van der Waals surface area contributed by atoms with Crippen molar-refractivity contribution in [3.8, 4) is 0 Å². The van der Waals surface area contributed by atoms with Crippen molar-refractivity contribution >= 4 is 10.2 Å². The number of nitrogens with zero attached hydrogens (tertiary/aromatic N) is 2. The van der Waals surface area contributed by atoms with Gasteiger partial charge in [0.1, 0.15) is 0 Å². The van der Waals surface area contributed by atoms with E-state index in [0.717, 1.165) is 12.8 Å². The minimum absolute atomic E-state index is 0.0872. The quantitative estimate of drug-likeness (QED) is 0.824. The number of rotatable bonds is 3. The molecule has 18 heavy (non-hydrogen) atoms. The second-order valence-corrected chi connectivity index (χ2v) is 8.07. The standard InChI is InChI=1S/C12H24N2O3S/c1-10(2)12(15)8-14(9-12)18(16,17)13-6-4-5-11(3)7-13/h10-11,15H,4-9H2,1-3H3. The van der Waals surface area contributed by atoms with E-state index >= 15 is 0 Å². The Balaban J connectivity index is 2.01. The first-order chi connectivity index (χ1) is 8.25. The minimum atomic E-state index is -3.36. The summed E-state index contributed by atoms with van der Waals surface area (Å²) in [5.41, 5.74) is -0.839. The molecule has 2 aliphatic heterocycles. The van der Waals surface area contributed by atoms with E-state index < -0.39 is 15.8 Å². The van der Waals surface area contributed by atoms with Gasteiger partial charge in [-0.2, -0.15) is 17.0 Å². The molecule has 1 N–H and O–H groups in total. The van der Waals surface area contributed by atoms with Crippen LogP contribution in [0.15, 0.2) is 0 Å². The van der Waals surface area contributed by atoms with Crippen LogP contribution in [0, 0.1) is 11.8 Å². The molecular weight excluding hydrogens is 252 g/mol. The van der Waals surface area contributed by atoms with Crippen molar-refractivity contribution in [2.24, 2.45) is 11.8 Å². The Morgan fingerprint density at radius 1 is 1.28 bits per heavy atom. The lowest BCUT2D eigenvalue weighted by molar-refractivity contribution is -0.0952. The van der Waals surface area contributed by atoms with Gasteiger partial charge in [0.05, 0.1) is 5.60 Å². The van der Waals surface area contributed by atoms with Crippen LogP contribution in [-0.2, 0) is 10.2 Å². The molecule has 1 unspecified atom stereocenters. The molecule has 2 aliphatic rings. The van der Waals surface area contributed by atoms with E-state index in [1.807, 2.05) is 13.8 Å². The van der Waals surface area contributed by atoms with Crippen LogP contribution in [0.4, 0.5) is 0 Å². The molecule has 2 heterocycles. The zero-order chi connectivity index (χ0) is 13.6. The van der Waals surface area contributed by atoms with Gasteiger partial charge in [-0.3, -0.25) is 0 Å². The summed E-state index contributed by atoms with van der Waals surface area (Å²) >= 11 is 0. The van der Waals surface area contributed by atoms with E-state index in [1.165, 1.54) is 4.31 Å². The van der Waals surface area contributed by atoms with E-state index in [-0.39, 0.29) is 19.0 Å². The summed E-state index contributed by atoms with van der Waals surface area (Å²) in [6.07, 6.45) is 2.03. The van der Waals surface area contributed by atoms with Crippen molar-refractivity contribution in [1.82, 2.24) is 8.61 Å². The molecule has 0 aromatic carbocycles. The monoisotopic (exact) mass is 276 g/mol. The van der Waals surface area contributed by atoms with E-state index in [2.05, 4.69) is 6.92 Å². The normalized spacial score (nSPS) is 30.4. The average molecular weight is 276 g/mol. The molecule has 0 aromatic heterocycles. The summed E-state index contributed by atoms with van der Waals surface area (Å²) in [6, 6.07) is 0. The summed E-state index contributed by atoms with van der Waals surface area (Å²) in [7, 11) is -3.36. The van der Waals surface area contributed by atoms with Crippen LogP contribution in [-0.4, -0.2) is 53.9 Å². The second-order valence-electron chi connectivity index (χ2n) is 6.14. The summed E-state index contributed by atoms with van der Waals surface area (Å²) in [6.45, 7) is 7.63. The molecule has 5 nitrogen and oxygen atoms in total. The molecule has 2 saturated heterocycles. The zero-order valence-electron chi connectivity index (χ0n) is 11.5. The van der Waals surface area contributed by atoms with Gasteiger partial charge >= 0.3 is 0 Å². The van der Waals surface area contributed by atoms with Gasteiger partial charge in [0.15, 0.2) is 0 Å². The molecule has 0 amide bonds. The van der Waals surface area contributed by atoms with Crippen LogP contribution in [0.3, 0.4) is 0 Å². The summed E-state index contributed by atoms with van der Waals surface area (Å²) in [5.74, 6) is 0.517. The third kappa shape index (κ3) is 2.43. The van der Waals surface area contributed by atoms with Crippen molar-refractivity contribution in [2.45, 2.75) is 39.2 Å². The Hall–Kier alpha value is -0.170. The maximum atomic E-state index is 12.4. The van der Waals surface area contributed by atoms with E-state index in [1.54, 1.807) is 4.31 Å². The van der Waals surface area contributed by atoms with Crippen molar-refractivity contribution < 1.29 is 13.5 Å². The first-order valence-electron chi connectivity index (χ1n) is 6.73. The Labute approximate surface area is 110 Å². The number of piperidine rings is 1. The van der Waals surface area contributed by atoms with E-state index in [0.29, 0.717) is 19.0 Å². The predicted molar refractivity (Wildman–Crippen MR) is 70.3 cm³/mol. The van der Waals surface area contributed by atoms with Gasteiger partial charge in [-0.1, -0.05) is 20.8 Å². The lowest BCUT2D eigenvalue weighted by atomic mass is 9.85. The Bertz CT molecular complexity index is 402. The molecule has 0 radical (unpaired) electrons. The highest BCUT2D eigenvalue weighted by Crippen LogP contribution is 2.32. The average Bonchev–Trinajstić information content (AvgIpc) is 2.24. The SMILES string of the molecule is CC1CCCN(S(=O)(=O)N2CC(O)(C(C)C)C2)C1. The lowest BCUT2D eigenvalue weighted by Crippen LogP contribution is -2.68. The van der Waals surface area contributed by atoms with Gasteiger partial charge in [-0.05, 0) is 24.7 Å². The molecule has 0 aliphatic carbocycles. The van der Waals surface area contributed by atoms with Crippen LogP contribution in [0.1, 0.15) is 33.6 Å². The minimum Gasteiger partial charge on any atom is -0.387 e. The van der Waals surface area contributed by atoms with Crippen molar-refractivity contribution in [2.75, 3.05) is 26.2 Å². The van der Waals surface area contributed by atoms with Crippen molar-refractivity contribution in [3.63, 3.8) is 0 Å². The molecule has 0 bridgehead atoms. The third-order valence-electron chi connectivity index (χ3n) is 4.25. The smallest absolute Gasteiger partial charge is 0.282 e. The van der Waals surface area contributed by atoms with Crippen LogP contribution >= 0.6 is 0 Å². The zero-order valence-corrected chi connectivity index (χ0v) is 12.3. The maximum absolute atomic E-state index is 12.4. The van der Waals surface area contributed by atoms with Crippen LogP contribution in [0.25, 0.3) is 0 Å². The molecule has 106 valence electrons.